The second-order valence-corrected chi connectivity index (χ2v) is 5.61. The standard InChI is InChI=1S/C17H25NO/c1-4-19-17-8-6-5-7-16(17)18-12-15-10-13(2)9-14(3)11-15/h5-9,13,15,18H,4,10-12H2,1-3H3. The van der Waals surface area contributed by atoms with Crippen molar-refractivity contribution in [1.29, 1.82) is 0 Å². The van der Waals surface area contributed by atoms with Crippen molar-refractivity contribution in [2.45, 2.75) is 33.6 Å². The highest BCUT2D eigenvalue weighted by Crippen LogP contribution is 2.29. The molecule has 2 unspecified atom stereocenters. The van der Waals surface area contributed by atoms with Gasteiger partial charge in [0, 0.05) is 6.54 Å². The Kier molecular flexibility index (Phi) is 4.89. The van der Waals surface area contributed by atoms with E-state index in [9.17, 15) is 0 Å². The minimum atomic E-state index is 0.709. The number of hydrogen-bond donors (Lipinski definition) is 1. The maximum atomic E-state index is 5.65. The number of benzene rings is 1. The predicted molar refractivity (Wildman–Crippen MR) is 81.7 cm³/mol. The molecule has 0 saturated heterocycles. The summed E-state index contributed by atoms with van der Waals surface area (Å²) in [5.41, 5.74) is 2.65. The van der Waals surface area contributed by atoms with Crippen LogP contribution in [0.2, 0.25) is 0 Å². The molecule has 0 fully saturated rings. The van der Waals surface area contributed by atoms with Gasteiger partial charge in [0.05, 0.1) is 12.3 Å². The lowest BCUT2D eigenvalue weighted by molar-refractivity contribution is 0.341. The fraction of sp³-hybridized carbons (Fsp3) is 0.529. The van der Waals surface area contributed by atoms with Gasteiger partial charge >= 0.3 is 0 Å². The first-order valence-corrected chi connectivity index (χ1v) is 7.32. The fourth-order valence-corrected chi connectivity index (χ4v) is 2.99. The third kappa shape index (κ3) is 4.02. The van der Waals surface area contributed by atoms with E-state index >= 15 is 0 Å². The fourth-order valence-electron chi connectivity index (χ4n) is 2.99. The van der Waals surface area contributed by atoms with Crippen LogP contribution in [-0.2, 0) is 0 Å². The van der Waals surface area contributed by atoms with Crippen molar-refractivity contribution in [3.63, 3.8) is 0 Å². The molecule has 104 valence electrons. The molecule has 2 nitrogen and oxygen atoms in total. The molecule has 1 aromatic rings. The first kappa shape index (κ1) is 14.0. The Bertz CT molecular complexity index is 439. The zero-order chi connectivity index (χ0) is 13.7. The van der Waals surface area contributed by atoms with Gasteiger partial charge < -0.3 is 10.1 Å². The van der Waals surface area contributed by atoms with Gasteiger partial charge in [-0.25, -0.2) is 0 Å². The summed E-state index contributed by atoms with van der Waals surface area (Å²) >= 11 is 0. The monoisotopic (exact) mass is 259 g/mol. The van der Waals surface area contributed by atoms with Gasteiger partial charge in [-0.3, -0.25) is 0 Å². The Morgan fingerprint density at radius 3 is 2.84 bits per heavy atom. The predicted octanol–water partition coefficient (Wildman–Crippen LogP) is 4.49. The molecular weight excluding hydrogens is 234 g/mol. The average molecular weight is 259 g/mol. The normalized spacial score (nSPS) is 22.8. The first-order valence-electron chi connectivity index (χ1n) is 7.32. The summed E-state index contributed by atoms with van der Waals surface area (Å²) in [6, 6.07) is 8.20. The van der Waals surface area contributed by atoms with Gasteiger partial charge in [0.25, 0.3) is 0 Å². The molecule has 0 heterocycles. The van der Waals surface area contributed by atoms with Crippen LogP contribution in [0, 0.1) is 11.8 Å². The van der Waals surface area contributed by atoms with Crippen molar-refractivity contribution in [3.05, 3.63) is 35.9 Å². The molecule has 0 aliphatic heterocycles. The zero-order valence-corrected chi connectivity index (χ0v) is 12.3. The lowest BCUT2D eigenvalue weighted by atomic mass is 9.84. The van der Waals surface area contributed by atoms with E-state index in [0.717, 1.165) is 23.9 Å². The molecule has 1 aliphatic carbocycles. The number of rotatable bonds is 5. The third-order valence-corrected chi connectivity index (χ3v) is 3.65. The van der Waals surface area contributed by atoms with Crippen molar-refractivity contribution in [2.75, 3.05) is 18.5 Å². The third-order valence-electron chi connectivity index (χ3n) is 3.65. The highest BCUT2D eigenvalue weighted by atomic mass is 16.5. The van der Waals surface area contributed by atoms with Crippen LogP contribution in [0.3, 0.4) is 0 Å². The molecule has 2 heteroatoms. The summed E-state index contributed by atoms with van der Waals surface area (Å²) in [4.78, 5) is 0. The molecule has 0 amide bonds. The summed E-state index contributed by atoms with van der Waals surface area (Å²) in [7, 11) is 0. The van der Waals surface area contributed by atoms with Gasteiger partial charge in [-0.15, -0.1) is 0 Å². The Labute approximate surface area is 116 Å². The van der Waals surface area contributed by atoms with E-state index in [1.54, 1.807) is 0 Å². The smallest absolute Gasteiger partial charge is 0.142 e. The van der Waals surface area contributed by atoms with Crippen LogP contribution in [-0.4, -0.2) is 13.2 Å². The van der Waals surface area contributed by atoms with Gasteiger partial charge in [-0.1, -0.05) is 30.7 Å². The van der Waals surface area contributed by atoms with Gasteiger partial charge in [-0.05, 0) is 50.7 Å². The molecular formula is C17H25NO. The Morgan fingerprint density at radius 2 is 2.11 bits per heavy atom. The second kappa shape index (κ2) is 6.65. The van der Waals surface area contributed by atoms with Crippen molar-refractivity contribution in [1.82, 2.24) is 0 Å². The Morgan fingerprint density at radius 1 is 1.32 bits per heavy atom. The summed E-state index contributed by atoms with van der Waals surface area (Å²) < 4.78 is 5.65. The van der Waals surface area contributed by atoms with Gasteiger partial charge in [0.1, 0.15) is 5.75 Å². The van der Waals surface area contributed by atoms with E-state index in [4.69, 9.17) is 4.74 Å². The molecule has 1 aliphatic rings. The largest absolute Gasteiger partial charge is 0.492 e. The van der Waals surface area contributed by atoms with Crippen LogP contribution in [0.4, 0.5) is 5.69 Å². The van der Waals surface area contributed by atoms with Gasteiger partial charge in [-0.2, -0.15) is 0 Å². The minimum absolute atomic E-state index is 0.709. The maximum Gasteiger partial charge on any atom is 0.142 e. The highest BCUT2D eigenvalue weighted by Gasteiger charge is 2.18. The summed E-state index contributed by atoms with van der Waals surface area (Å²) in [5.74, 6) is 2.40. The lowest BCUT2D eigenvalue weighted by Crippen LogP contribution is -2.20. The van der Waals surface area contributed by atoms with Gasteiger partial charge in [0.15, 0.2) is 0 Å². The molecule has 0 radical (unpaired) electrons. The number of allylic oxidation sites excluding steroid dienone is 2. The van der Waals surface area contributed by atoms with Crippen molar-refractivity contribution in [3.8, 4) is 5.75 Å². The van der Waals surface area contributed by atoms with Crippen LogP contribution in [0.25, 0.3) is 0 Å². The average Bonchev–Trinajstić information content (AvgIpc) is 2.37. The summed E-state index contributed by atoms with van der Waals surface area (Å²) in [5, 5.41) is 3.56. The lowest BCUT2D eigenvalue weighted by Gasteiger charge is -2.26. The molecule has 0 spiro atoms. The van der Waals surface area contributed by atoms with E-state index < -0.39 is 0 Å². The molecule has 19 heavy (non-hydrogen) atoms. The molecule has 1 N–H and O–H groups in total. The second-order valence-electron chi connectivity index (χ2n) is 5.61. The molecule has 0 aromatic heterocycles. The van der Waals surface area contributed by atoms with Crippen LogP contribution >= 0.6 is 0 Å². The van der Waals surface area contributed by atoms with Crippen molar-refractivity contribution in [2.24, 2.45) is 11.8 Å². The van der Waals surface area contributed by atoms with E-state index in [1.807, 2.05) is 19.1 Å². The number of nitrogens with one attached hydrogen (secondary N) is 1. The first-order chi connectivity index (χ1) is 9.19. The van der Waals surface area contributed by atoms with Gasteiger partial charge in [0.2, 0.25) is 0 Å². The maximum absolute atomic E-state index is 5.65. The molecule has 2 rings (SSSR count). The number of ether oxygens (including phenoxy) is 1. The molecule has 2 atom stereocenters. The molecule has 0 saturated carbocycles. The summed E-state index contributed by atoms with van der Waals surface area (Å²) in [6.45, 7) is 8.31. The van der Waals surface area contributed by atoms with E-state index in [2.05, 4.69) is 37.4 Å². The topological polar surface area (TPSA) is 21.3 Å². The molecule has 1 aromatic carbocycles. The van der Waals surface area contributed by atoms with E-state index in [1.165, 1.54) is 18.4 Å². The van der Waals surface area contributed by atoms with Crippen LogP contribution in [0.15, 0.2) is 35.9 Å². The highest BCUT2D eigenvalue weighted by molar-refractivity contribution is 5.56. The Balaban J connectivity index is 1.94. The van der Waals surface area contributed by atoms with Crippen LogP contribution in [0.1, 0.15) is 33.6 Å². The van der Waals surface area contributed by atoms with Crippen LogP contribution < -0.4 is 10.1 Å². The zero-order valence-electron chi connectivity index (χ0n) is 12.3. The van der Waals surface area contributed by atoms with Crippen molar-refractivity contribution >= 4 is 5.69 Å². The number of anilines is 1. The minimum Gasteiger partial charge on any atom is -0.492 e. The quantitative estimate of drug-likeness (QED) is 0.787. The van der Waals surface area contributed by atoms with E-state index in [0.29, 0.717) is 12.5 Å². The van der Waals surface area contributed by atoms with E-state index in [-0.39, 0.29) is 0 Å². The Hall–Kier alpha value is -1.44. The van der Waals surface area contributed by atoms with Crippen LogP contribution in [0.5, 0.6) is 5.75 Å². The number of hydrogen-bond acceptors (Lipinski definition) is 2. The van der Waals surface area contributed by atoms with Crippen molar-refractivity contribution < 1.29 is 4.74 Å². The summed E-state index contributed by atoms with van der Waals surface area (Å²) in [6.07, 6.45) is 4.90. The SMILES string of the molecule is CCOc1ccccc1NCC1CC(C)=CC(C)C1. The molecule has 0 bridgehead atoms. The number of para-hydroxylation sites is 2.